The van der Waals surface area contributed by atoms with E-state index >= 15 is 0 Å². The number of hydrogen-bond donors (Lipinski definition) is 4. The number of β-amino-alcohol motifs (C(OH)–C–C–N with tert-alkyl or cyclic N) is 2. The van der Waals surface area contributed by atoms with Crippen LogP contribution in [-0.4, -0.2) is 57.1 Å². The van der Waals surface area contributed by atoms with Gasteiger partial charge in [-0.05, 0) is 12.0 Å². The maximum atomic E-state index is 12.1. The number of carbonyl (C=O) groups excluding carboxylic acids is 1. The van der Waals surface area contributed by atoms with Crippen LogP contribution in [0.25, 0.3) is 0 Å². The van der Waals surface area contributed by atoms with Gasteiger partial charge in [0.25, 0.3) is 5.91 Å². The van der Waals surface area contributed by atoms with Crippen molar-refractivity contribution < 1.29 is 20.1 Å². The van der Waals surface area contributed by atoms with Crippen LogP contribution in [-0.2, 0) is 11.2 Å². The Morgan fingerprint density at radius 3 is 2.35 bits per heavy atom. The fraction of sp³-hybridized carbons (Fsp3) is 0.500. The molecule has 0 bridgehead atoms. The summed E-state index contributed by atoms with van der Waals surface area (Å²) in [5.74, 6) is -0.663. The van der Waals surface area contributed by atoms with Gasteiger partial charge in [-0.25, -0.2) is 0 Å². The minimum Gasteiger partial charge on any atom is -0.388 e. The number of hydrogen-bond acceptors (Lipinski definition) is 5. The smallest absolute Gasteiger partial charge is 0.269 e. The molecule has 6 heteroatoms. The summed E-state index contributed by atoms with van der Waals surface area (Å²) in [4.78, 5) is 13.3. The molecule has 6 nitrogen and oxygen atoms in total. The molecule has 1 saturated heterocycles. The van der Waals surface area contributed by atoms with Gasteiger partial charge >= 0.3 is 0 Å². The Balaban J connectivity index is 1.94. The molecule has 5 N–H and O–H groups in total. The molecule has 1 aromatic rings. The number of aliphatic hydroxyl groups is 3. The van der Waals surface area contributed by atoms with E-state index in [9.17, 15) is 20.1 Å². The second kappa shape index (κ2) is 5.88. The van der Waals surface area contributed by atoms with Crippen molar-refractivity contribution in [1.82, 2.24) is 4.90 Å². The average Bonchev–Trinajstić information content (AvgIpc) is 2.77. The Morgan fingerprint density at radius 2 is 1.80 bits per heavy atom. The van der Waals surface area contributed by atoms with Crippen molar-refractivity contribution >= 4 is 5.91 Å². The molecule has 1 aliphatic rings. The van der Waals surface area contributed by atoms with Crippen LogP contribution in [0.4, 0.5) is 0 Å². The van der Waals surface area contributed by atoms with Gasteiger partial charge in [0.1, 0.15) is 0 Å². The number of aliphatic hydroxyl groups excluding tert-OH is 2. The molecule has 0 radical (unpaired) electrons. The minimum absolute atomic E-state index is 0.00908. The third-order valence-electron chi connectivity index (χ3n) is 3.55. The number of aryl methyl sites for hydroxylation is 1. The fourth-order valence-electron chi connectivity index (χ4n) is 2.30. The Kier molecular flexibility index (Phi) is 4.39. The largest absolute Gasteiger partial charge is 0.388 e. The molecule has 0 saturated carbocycles. The predicted molar refractivity (Wildman–Crippen MR) is 72.5 cm³/mol. The van der Waals surface area contributed by atoms with Gasteiger partial charge in [-0.15, -0.1) is 0 Å². The van der Waals surface area contributed by atoms with Crippen molar-refractivity contribution in [3.8, 4) is 0 Å². The maximum Gasteiger partial charge on any atom is 0.269 e. The highest BCUT2D eigenvalue weighted by Crippen LogP contribution is 2.17. The number of carbonyl (C=O) groups is 1. The Bertz CT molecular complexity index is 454. The van der Waals surface area contributed by atoms with E-state index < -0.39 is 23.8 Å². The minimum atomic E-state index is -1.99. The number of rotatable bonds is 4. The summed E-state index contributed by atoms with van der Waals surface area (Å²) < 4.78 is 0. The summed E-state index contributed by atoms with van der Waals surface area (Å²) in [5.41, 5.74) is 4.67. The molecule has 0 unspecified atom stereocenters. The number of nitrogens with zero attached hydrogens (tertiary/aromatic N) is 1. The molecule has 1 aliphatic heterocycles. The lowest BCUT2D eigenvalue weighted by Gasteiger charge is -2.27. The van der Waals surface area contributed by atoms with E-state index in [0.717, 1.165) is 5.56 Å². The summed E-state index contributed by atoms with van der Waals surface area (Å²) in [6, 6.07) is 9.42. The molecule has 3 atom stereocenters. The van der Waals surface area contributed by atoms with Crippen LogP contribution in [0.2, 0.25) is 0 Å². The normalized spacial score (nSPS) is 25.5. The lowest BCUT2D eigenvalue weighted by molar-refractivity contribution is -0.151. The van der Waals surface area contributed by atoms with Gasteiger partial charge in [-0.3, -0.25) is 10.5 Å². The van der Waals surface area contributed by atoms with Gasteiger partial charge in [0, 0.05) is 19.5 Å². The molecule has 1 amide bonds. The van der Waals surface area contributed by atoms with Crippen LogP contribution in [0, 0.1) is 0 Å². The number of likely N-dealkylation sites (tertiary alicyclic amines) is 1. The third-order valence-corrected chi connectivity index (χ3v) is 3.55. The van der Waals surface area contributed by atoms with Gasteiger partial charge in [-0.1, -0.05) is 30.3 Å². The zero-order valence-electron chi connectivity index (χ0n) is 11.1. The van der Waals surface area contributed by atoms with Gasteiger partial charge in [0.05, 0.1) is 12.2 Å². The molecule has 2 rings (SSSR count). The third kappa shape index (κ3) is 3.34. The second-order valence-electron chi connectivity index (χ2n) is 5.25. The molecular formula is C14H20N2O4. The van der Waals surface area contributed by atoms with E-state index in [-0.39, 0.29) is 19.5 Å². The first kappa shape index (κ1) is 14.9. The fourth-order valence-corrected chi connectivity index (χ4v) is 2.30. The van der Waals surface area contributed by atoms with E-state index in [1.54, 1.807) is 0 Å². The van der Waals surface area contributed by atoms with E-state index in [4.69, 9.17) is 5.73 Å². The van der Waals surface area contributed by atoms with Crippen LogP contribution >= 0.6 is 0 Å². The average molecular weight is 280 g/mol. The first-order chi connectivity index (χ1) is 9.40. The highest BCUT2D eigenvalue weighted by molar-refractivity contribution is 5.84. The Labute approximate surface area is 117 Å². The molecule has 1 aromatic carbocycles. The van der Waals surface area contributed by atoms with Crippen LogP contribution in [0.15, 0.2) is 30.3 Å². The summed E-state index contributed by atoms with van der Waals surface area (Å²) in [6.45, 7) is -0.0182. The topological polar surface area (TPSA) is 107 Å². The van der Waals surface area contributed by atoms with E-state index in [2.05, 4.69) is 0 Å². The quantitative estimate of drug-likeness (QED) is 0.520. The Hall–Kier alpha value is -1.47. The highest BCUT2D eigenvalue weighted by atomic mass is 16.3. The number of benzene rings is 1. The SMILES string of the molecule is N[C@@](O)(CCc1ccccc1)C(=O)N1C[C@@H](O)[C@@H](O)C1. The molecule has 1 heterocycles. The first-order valence-electron chi connectivity index (χ1n) is 6.61. The van der Waals surface area contributed by atoms with Crippen LogP contribution in [0.3, 0.4) is 0 Å². The highest BCUT2D eigenvalue weighted by Gasteiger charge is 2.40. The second-order valence-corrected chi connectivity index (χ2v) is 5.25. The van der Waals surface area contributed by atoms with E-state index in [0.29, 0.717) is 6.42 Å². The van der Waals surface area contributed by atoms with Crippen molar-refractivity contribution in [2.24, 2.45) is 5.73 Å². The van der Waals surface area contributed by atoms with E-state index in [1.165, 1.54) is 4.90 Å². The van der Waals surface area contributed by atoms with Crippen molar-refractivity contribution in [2.45, 2.75) is 30.8 Å². The van der Waals surface area contributed by atoms with Gasteiger partial charge in [-0.2, -0.15) is 0 Å². The molecular weight excluding hydrogens is 260 g/mol. The van der Waals surface area contributed by atoms with Gasteiger partial charge < -0.3 is 20.2 Å². The molecule has 0 aromatic heterocycles. The van der Waals surface area contributed by atoms with Crippen LogP contribution < -0.4 is 5.73 Å². The summed E-state index contributed by atoms with van der Waals surface area (Å²) in [7, 11) is 0. The number of amides is 1. The first-order valence-corrected chi connectivity index (χ1v) is 6.61. The van der Waals surface area contributed by atoms with Gasteiger partial charge in [0.15, 0.2) is 5.72 Å². The summed E-state index contributed by atoms with van der Waals surface area (Å²) in [6.07, 6.45) is -1.41. The maximum absolute atomic E-state index is 12.1. The Morgan fingerprint density at radius 1 is 1.25 bits per heavy atom. The van der Waals surface area contributed by atoms with Crippen molar-refractivity contribution in [3.63, 3.8) is 0 Å². The molecule has 1 fully saturated rings. The predicted octanol–water partition coefficient (Wildman–Crippen LogP) is -1.17. The summed E-state index contributed by atoms with van der Waals surface area (Å²) in [5, 5.41) is 28.9. The summed E-state index contributed by atoms with van der Waals surface area (Å²) >= 11 is 0. The zero-order valence-corrected chi connectivity index (χ0v) is 11.1. The molecule has 20 heavy (non-hydrogen) atoms. The van der Waals surface area contributed by atoms with Gasteiger partial charge in [0.2, 0.25) is 0 Å². The lowest BCUT2D eigenvalue weighted by Crippen LogP contribution is -2.55. The molecule has 0 aliphatic carbocycles. The molecule has 0 spiro atoms. The standard InChI is InChI=1S/C14H20N2O4/c15-14(20,7-6-10-4-2-1-3-5-10)13(19)16-8-11(17)12(18)9-16/h1-5,11-12,17-18,20H,6-9,15H2/t11-,12+,14-/m1/s1. The van der Waals surface area contributed by atoms with Crippen LogP contribution in [0.5, 0.6) is 0 Å². The lowest BCUT2D eigenvalue weighted by atomic mass is 10.0. The van der Waals surface area contributed by atoms with Crippen molar-refractivity contribution in [2.75, 3.05) is 13.1 Å². The van der Waals surface area contributed by atoms with Crippen molar-refractivity contribution in [1.29, 1.82) is 0 Å². The molecule has 110 valence electrons. The van der Waals surface area contributed by atoms with Crippen molar-refractivity contribution in [3.05, 3.63) is 35.9 Å². The monoisotopic (exact) mass is 280 g/mol. The number of nitrogens with two attached hydrogens (primary N) is 1. The van der Waals surface area contributed by atoms with Crippen LogP contribution in [0.1, 0.15) is 12.0 Å². The zero-order chi connectivity index (χ0) is 14.8. The van der Waals surface area contributed by atoms with E-state index in [1.807, 2.05) is 30.3 Å².